The second kappa shape index (κ2) is 5.44. The first-order chi connectivity index (χ1) is 12.0. The molecule has 0 saturated carbocycles. The molecule has 0 radical (unpaired) electrons. The smallest absolute Gasteiger partial charge is 0.231 e. The summed E-state index contributed by atoms with van der Waals surface area (Å²) < 4.78 is 2.04. The first-order valence-corrected chi connectivity index (χ1v) is 8.14. The van der Waals surface area contributed by atoms with E-state index in [9.17, 15) is 4.79 Å². The summed E-state index contributed by atoms with van der Waals surface area (Å²) >= 11 is 0. The summed E-state index contributed by atoms with van der Waals surface area (Å²) in [4.78, 5) is 18.0. The average molecular weight is 333 g/mol. The normalized spacial score (nSPS) is 20.8. The Bertz CT molecular complexity index is 972. The van der Waals surface area contributed by atoms with Crippen LogP contribution in [0.2, 0.25) is 0 Å². The zero-order valence-electron chi connectivity index (χ0n) is 14.2. The highest BCUT2D eigenvalue weighted by molar-refractivity contribution is 5.98. The van der Waals surface area contributed by atoms with Gasteiger partial charge in [-0.1, -0.05) is 24.3 Å². The first kappa shape index (κ1) is 15.4. The van der Waals surface area contributed by atoms with Gasteiger partial charge in [0.2, 0.25) is 5.91 Å². The number of amides is 1. The van der Waals surface area contributed by atoms with Crippen LogP contribution >= 0.6 is 0 Å². The van der Waals surface area contributed by atoms with Crippen LogP contribution in [-0.4, -0.2) is 33.2 Å². The summed E-state index contributed by atoms with van der Waals surface area (Å²) in [5.74, 6) is 0.0606. The number of nitrogens with zero attached hydrogens (tertiary/aromatic N) is 3. The van der Waals surface area contributed by atoms with Crippen molar-refractivity contribution in [2.45, 2.75) is 18.9 Å². The molecule has 0 bridgehead atoms. The van der Waals surface area contributed by atoms with Gasteiger partial charge in [-0.25, -0.2) is 4.98 Å². The Morgan fingerprint density at radius 3 is 2.88 bits per heavy atom. The number of fused-ring (bicyclic) bond motifs is 1. The molecule has 1 fully saturated rings. The van der Waals surface area contributed by atoms with Gasteiger partial charge in [0.25, 0.3) is 0 Å². The number of imidazole rings is 1. The Kier molecular flexibility index (Phi) is 3.35. The number of guanidine groups is 1. The van der Waals surface area contributed by atoms with Crippen LogP contribution < -0.4 is 5.32 Å². The minimum absolute atomic E-state index is 0.0635. The largest absolute Gasteiger partial charge is 0.346 e. The lowest BCUT2D eigenvalue weighted by atomic mass is 9.85. The van der Waals surface area contributed by atoms with Gasteiger partial charge >= 0.3 is 0 Å². The van der Waals surface area contributed by atoms with Gasteiger partial charge in [0.05, 0.1) is 23.9 Å². The van der Waals surface area contributed by atoms with Crippen LogP contribution in [0.15, 0.2) is 54.9 Å². The van der Waals surface area contributed by atoms with Crippen molar-refractivity contribution in [3.8, 4) is 11.3 Å². The highest BCUT2D eigenvalue weighted by Crippen LogP contribution is 2.31. The van der Waals surface area contributed by atoms with Gasteiger partial charge in [0.15, 0.2) is 5.96 Å². The molecule has 3 aromatic rings. The number of hydrogen-bond acceptors (Lipinski definition) is 3. The van der Waals surface area contributed by atoms with Crippen molar-refractivity contribution >= 4 is 17.5 Å². The zero-order chi connectivity index (χ0) is 17.6. The van der Waals surface area contributed by atoms with Crippen LogP contribution in [0.1, 0.15) is 18.9 Å². The van der Waals surface area contributed by atoms with Gasteiger partial charge in [-0.2, -0.15) is 0 Å². The van der Waals surface area contributed by atoms with E-state index in [-0.39, 0.29) is 11.9 Å². The van der Waals surface area contributed by atoms with Crippen molar-refractivity contribution < 1.29 is 4.79 Å². The van der Waals surface area contributed by atoms with E-state index in [1.807, 2.05) is 60.1 Å². The summed E-state index contributed by atoms with van der Waals surface area (Å²) in [6.45, 7) is 1.96. The lowest BCUT2D eigenvalue weighted by Crippen LogP contribution is -2.58. The van der Waals surface area contributed by atoms with E-state index in [0.29, 0.717) is 6.42 Å². The summed E-state index contributed by atoms with van der Waals surface area (Å²) in [5, 5.41) is 11.2. The summed E-state index contributed by atoms with van der Waals surface area (Å²) in [7, 11) is 1.62. The summed E-state index contributed by atoms with van der Waals surface area (Å²) in [6, 6.07) is 14.0. The molecule has 0 aliphatic carbocycles. The Balaban J connectivity index is 1.77. The molecule has 0 spiro atoms. The molecule has 1 aliphatic rings. The molecule has 1 aromatic carbocycles. The summed E-state index contributed by atoms with van der Waals surface area (Å²) in [6.07, 6.45) is 4.15. The van der Waals surface area contributed by atoms with Gasteiger partial charge in [-0.05, 0) is 30.7 Å². The quantitative estimate of drug-likeness (QED) is 0.757. The van der Waals surface area contributed by atoms with E-state index in [2.05, 4.69) is 16.4 Å². The van der Waals surface area contributed by atoms with E-state index in [0.717, 1.165) is 22.5 Å². The molecule has 2 aromatic heterocycles. The van der Waals surface area contributed by atoms with E-state index >= 15 is 0 Å². The molecule has 1 amide bonds. The molecule has 2 N–H and O–H groups in total. The number of carbonyl (C=O) groups is 1. The predicted octanol–water partition coefficient (Wildman–Crippen LogP) is 2.60. The Labute approximate surface area is 145 Å². The topological polar surface area (TPSA) is 73.5 Å². The minimum atomic E-state index is -0.600. The molecule has 3 heterocycles. The van der Waals surface area contributed by atoms with Crippen molar-refractivity contribution in [3.63, 3.8) is 0 Å². The van der Waals surface area contributed by atoms with Crippen molar-refractivity contribution in [1.82, 2.24) is 19.6 Å². The highest BCUT2D eigenvalue weighted by atomic mass is 16.2. The van der Waals surface area contributed by atoms with E-state index in [1.54, 1.807) is 7.05 Å². The fraction of sp³-hybridized carbons (Fsp3) is 0.211. The maximum absolute atomic E-state index is 12.2. The first-order valence-electron chi connectivity index (χ1n) is 8.14. The molecule has 6 nitrogen and oxygen atoms in total. The Morgan fingerprint density at radius 1 is 1.24 bits per heavy atom. The molecule has 1 saturated heterocycles. The van der Waals surface area contributed by atoms with Gasteiger partial charge in [-0.15, -0.1) is 0 Å². The second-order valence-corrected chi connectivity index (χ2v) is 6.59. The Morgan fingerprint density at radius 2 is 2.08 bits per heavy atom. The fourth-order valence-corrected chi connectivity index (χ4v) is 3.28. The molecule has 4 rings (SSSR count). The van der Waals surface area contributed by atoms with Crippen LogP contribution in [0.4, 0.5) is 0 Å². The van der Waals surface area contributed by atoms with Crippen LogP contribution in [0.3, 0.4) is 0 Å². The van der Waals surface area contributed by atoms with Gasteiger partial charge < -0.3 is 5.32 Å². The lowest BCUT2D eigenvalue weighted by molar-refractivity contribution is -0.129. The van der Waals surface area contributed by atoms with E-state index < -0.39 is 5.54 Å². The van der Waals surface area contributed by atoms with Gasteiger partial charge in [0, 0.05) is 18.8 Å². The maximum Gasteiger partial charge on any atom is 0.231 e. The number of aromatic nitrogens is 2. The molecule has 1 aliphatic heterocycles. The third kappa shape index (κ3) is 2.46. The fourth-order valence-electron chi connectivity index (χ4n) is 3.28. The number of nitrogens with one attached hydrogen (secondary N) is 2. The van der Waals surface area contributed by atoms with Crippen molar-refractivity contribution in [2.75, 3.05) is 7.05 Å². The van der Waals surface area contributed by atoms with Crippen LogP contribution in [0.25, 0.3) is 16.9 Å². The van der Waals surface area contributed by atoms with Gasteiger partial charge in [0.1, 0.15) is 5.65 Å². The van der Waals surface area contributed by atoms with Crippen molar-refractivity contribution in [3.05, 3.63) is 60.4 Å². The third-order valence-corrected chi connectivity index (χ3v) is 4.82. The molecular formula is C19H19N5O. The Hall–Kier alpha value is -3.15. The number of hydrogen-bond donors (Lipinski definition) is 2. The third-order valence-electron chi connectivity index (χ3n) is 4.82. The average Bonchev–Trinajstić information content (AvgIpc) is 3.04. The standard InChI is InChI=1S/C19H19N5O/c1-19(11-17(25)23(2)18(20)22-19)14-7-5-6-13(10-14)15-12-21-16-8-3-4-9-24(15)16/h3-10,12H,11H2,1-2H3,(H2,20,22)/t19-/m0/s1. The molecule has 1 atom stereocenters. The summed E-state index contributed by atoms with van der Waals surface area (Å²) in [5.41, 5.74) is 3.29. The number of carbonyl (C=O) groups excluding carboxylic acids is 1. The number of pyridine rings is 1. The molecule has 126 valence electrons. The minimum Gasteiger partial charge on any atom is -0.346 e. The second-order valence-electron chi connectivity index (χ2n) is 6.59. The van der Waals surface area contributed by atoms with Crippen LogP contribution in [-0.2, 0) is 10.3 Å². The zero-order valence-corrected chi connectivity index (χ0v) is 14.2. The highest BCUT2D eigenvalue weighted by Gasteiger charge is 2.37. The van der Waals surface area contributed by atoms with Crippen molar-refractivity contribution in [1.29, 1.82) is 5.41 Å². The molecule has 25 heavy (non-hydrogen) atoms. The monoisotopic (exact) mass is 333 g/mol. The number of rotatable bonds is 2. The van der Waals surface area contributed by atoms with Gasteiger partial charge in [-0.3, -0.25) is 19.5 Å². The van der Waals surface area contributed by atoms with E-state index in [4.69, 9.17) is 5.41 Å². The van der Waals surface area contributed by atoms with E-state index in [1.165, 1.54) is 4.90 Å². The molecular weight excluding hydrogens is 314 g/mol. The SMILES string of the molecule is CN1C(=N)N[C@](C)(c2cccc(-c3cnc4ccccn34)c2)CC1=O. The van der Waals surface area contributed by atoms with Crippen molar-refractivity contribution in [2.24, 2.45) is 0 Å². The number of benzene rings is 1. The van der Waals surface area contributed by atoms with Crippen LogP contribution in [0, 0.1) is 5.41 Å². The van der Waals surface area contributed by atoms with Crippen LogP contribution in [0.5, 0.6) is 0 Å². The molecule has 6 heteroatoms. The predicted molar refractivity (Wildman–Crippen MR) is 96.2 cm³/mol. The lowest BCUT2D eigenvalue weighted by Gasteiger charge is -2.39. The maximum atomic E-state index is 12.2. The molecule has 0 unspecified atom stereocenters.